The lowest BCUT2D eigenvalue weighted by molar-refractivity contribution is -0.134. The van der Waals surface area contributed by atoms with E-state index in [0.29, 0.717) is 35.7 Å². The van der Waals surface area contributed by atoms with E-state index in [1.807, 2.05) is 23.1 Å². The predicted octanol–water partition coefficient (Wildman–Crippen LogP) is 4.68. The number of aryl methyl sites for hydroxylation is 1. The molecule has 0 atom stereocenters. The molecule has 3 aliphatic rings. The SMILES string of the molecule is CC1(C)Cc2cccc(CN3CCC4(CC3)CCN(C(=O)CCc3nc(-c5ccccn5)no3)CC4)c2O1. The molecule has 8 heteroatoms. The van der Waals surface area contributed by atoms with Crippen LogP contribution in [0.5, 0.6) is 5.75 Å². The molecule has 2 saturated heterocycles. The fourth-order valence-corrected chi connectivity index (χ4v) is 6.29. The van der Waals surface area contributed by atoms with Gasteiger partial charge in [-0.15, -0.1) is 0 Å². The van der Waals surface area contributed by atoms with Crippen LogP contribution in [0.15, 0.2) is 47.1 Å². The Morgan fingerprint density at radius 1 is 1.00 bits per heavy atom. The number of rotatable bonds is 6. The summed E-state index contributed by atoms with van der Waals surface area (Å²) in [5, 5.41) is 4.01. The molecule has 2 fully saturated rings. The molecule has 3 aliphatic heterocycles. The Hall–Kier alpha value is -3.26. The van der Waals surface area contributed by atoms with Crippen LogP contribution in [0, 0.1) is 5.41 Å². The first kappa shape index (κ1) is 25.0. The number of likely N-dealkylation sites (tertiary alicyclic amines) is 2. The summed E-state index contributed by atoms with van der Waals surface area (Å²) in [6.45, 7) is 9.20. The van der Waals surface area contributed by atoms with Gasteiger partial charge in [-0.05, 0) is 75.7 Å². The highest BCUT2D eigenvalue weighted by Crippen LogP contribution is 2.43. The molecule has 1 aromatic carbocycles. The van der Waals surface area contributed by atoms with Crippen LogP contribution >= 0.6 is 0 Å². The van der Waals surface area contributed by atoms with E-state index in [1.54, 1.807) is 6.20 Å². The van der Waals surface area contributed by atoms with E-state index >= 15 is 0 Å². The van der Waals surface area contributed by atoms with E-state index in [1.165, 1.54) is 24.0 Å². The number of ether oxygens (including phenoxy) is 1. The number of carbonyl (C=O) groups is 1. The molecular formula is C30H37N5O3. The smallest absolute Gasteiger partial charge is 0.227 e. The summed E-state index contributed by atoms with van der Waals surface area (Å²) >= 11 is 0. The van der Waals surface area contributed by atoms with Crippen LogP contribution in [-0.2, 0) is 24.2 Å². The van der Waals surface area contributed by atoms with Crippen molar-refractivity contribution >= 4 is 5.91 Å². The van der Waals surface area contributed by atoms with Gasteiger partial charge < -0.3 is 14.2 Å². The number of fused-ring (bicyclic) bond motifs is 1. The van der Waals surface area contributed by atoms with E-state index in [9.17, 15) is 4.79 Å². The summed E-state index contributed by atoms with van der Waals surface area (Å²) in [7, 11) is 0. The highest BCUT2D eigenvalue weighted by molar-refractivity contribution is 5.76. The third-order valence-electron chi connectivity index (χ3n) is 8.57. The Balaban J connectivity index is 0.964. The number of nitrogens with zero attached hydrogens (tertiary/aromatic N) is 5. The standard InChI is InChI=1S/C30H37N5O3/c1-29(2)20-22-6-5-7-23(27(22)37-29)21-34-16-11-30(12-17-34)13-18-35(19-14-30)26(36)10-9-25-32-28(33-38-25)24-8-3-4-15-31-24/h3-8,15H,9-14,16-21H2,1-2H3. The largest absolute Gasteiger partial charge is 0.487 e. The Labute approximate surface area is 224 Å². The van der Waals surface area contributed by atoms with Crippen LogP contribution in [0.2, 0.25) is 0 Å². The Bertz CT molecular complexity index is 1270. The molecular weight excluding hydrogens is 478 g/mol. The number of piperidine rings is 2. The number of benzene rings is 1. The van der Waals surface area contributed by atoms with Crippen molar-refractivity contribution in [3.8, 4) is 17.3 Å². The average Bonchev–Trinajstić information content (AvgIpc) is 3.53. The minimum Gasteiger partial charge on any atom is -0.487 e. The number of pyridine rings is 1. The Morgan fingerprint density at radius 3 is 2.55 bits per heavy atom. The summed E-state index contributed by atoms with van der Waals surface area (Å²) in [5.41, 5.74) is 3.59. The quantitative estimate of drug-likeness (QED) is 0.471. The van der Waals surface area contributed by atoms with Crippen molar-refractivity contribution < 1.29 is 14.1 Å². The van der Waals surface area contributed by atoms with Crippen molar-refractivity contribution in [2.24, 2.45) is 5.41 Å². The van der Waals surface area contributed by atoms with Gasteiger partial charge in [0.2, 0.25) is 17.6 Å². The molecule has 2 aromatic heterocycles. The second-order valence-electron chi connectivity index (χ2n) is 11.8. The molecule has 0 saturated carbocycles. The van der Waals surface area contributed by atoms with Crippen LogP contribution < -0.4 is 4.74 Å². The maximum atomic E-state index is 12.9. The first-order valence-electron chi connectivity index (χ1n) is 13.9. The maximum absolute atomic E-state index is 12.9. The van der Waals surface area contributed by atoms with Crippen molar-refractivity contribution in [1.29, 1.82) is 0 Å². The van der Waals surface area contributed by atoms with E-state index in [4.69, 9.17) is 9.26 Å². The minimum atomic E-state index is -0.107. The van der Waals surface area contributed by atoms with Crippen molar-refractivity contribution in [3.63, 3.8) is 0 Å². The fourth-order valence-electron chi connectivity index (χ4n) is 6.29. The lowest BCUT2D eigenvalue weighted by Crippen LogP contribution is -2.48. The lowest BCUT2D eigenvalue weighted by atomic mass is 9.71. The second-order valence-corrected chi connectivity index (χ2v) is 11.8. The van der Waals surface area contributed by atoms with Gasteiger partial charge in [0, 0.05) is 50.7 Å². The van der Waals surface area contributed by atoms with Gasteiger partial charge in [0.05, 0.1) is 0 Å². The van der Waals surface area contributed by atoms with E-state index < -0.39 is 0 Å². The van der Waals surface area contributed by atoms with Crippen molar-refractivity contribution in [2.75, 3.05) is 26.2 Å². The monoisotopic (exact) mass is 515 g/mol. The van der Waals surface area contributed by atoms with Crippen LogP contribution in [0.4, 0.5) is 0 Å². The third-order valence-corrected chi connectivity index (χ3v) is 8.57. The number of aromatic nitrogens is 3. The summed E-state index contributed by atoms with van der Waals surface area (Å²) < 4.78 is 11.6. The minimum absolute atomic E-state index is 0.107. The molecule has 1 spiro atoms. The zero-order chi connectivity index (χ0) is 26.2. The zero-order valence-electron chi connectivity index (χ0n) is 22.5. The maximum Gasteiger partial charge on any atom is 0.227 e. The van der Waals surface area contributed by atoms with Crippen LogP contribution in [-0.4, -0.2) is 62.6 Å². The molecule has 8 nitrogen and oxygen atoms in total. The zero-order valence-corrected chi connectivity index (χ0v) is 22.5. The summed E-state index contributed by atoms with van der Waals surface area (Å²) in [4.78, 5) is 26.2. The first-order chi connectivity index (χ1) is 18.4. The highest BCUT2D eigenvalue weighted by atomic mass is 16.5. The van der Waals surface area contributed by atoms with E-state index in [2.05, 4.69) is 52.1 Å². The normalized spacial score (nSPS) is 20.3. The van der Waals surface area contributed by atoms with Crippen molar-refractivity contribution in [1.82, 2.24) is 24.9 Å². The number of amides is 1. The fraction of sp³-hybridized carbons (Fsp3) is 0.533. The number of carbonyl (C=O) groups excluding carboxylic acids is 1. The van der Waals surface area contributed by atoms with Gasteiger partial charge in [0.15, 0.2) is 0 Å². The average molecular weight is 516 g/mol. The van der Waals surface area contributed by atoms with E-state index in [0.717, 1.165) is 57.7 Å². The highest BCUT2D eigenvalue weighted by Gasteiger charge is 2.39. The Kier molecular flexibility index (Phi) is 6.68. The number of para-hydroxylation sites is 1. The van der Waals surface area contributed by atoms with Crippen molar-refractivity contribution in [2.45, 2.75) is 70.9 Å². The van der Waals surface area contributed by atoms with Crippen molar-refractivity contribution in [3.05, 3.63) is 59.6 Å². The van der Waals surface area contributed by atoms with Crippen LogP contribution in [0.3, 0.4) is 0 Å². The summed E-state index contributed by atoms with van der Waals surface area (Å²) in [6.07, 6.45) is 8.12. The number of hydrogen-bond acceptors (Lipinski definition) is 7. The van der Waals surface area contributed by atoms with E-state index in [-0.39, 0.29) is 11.5 Å². The van der Waals surface area contributed by atoms with Gasteiger partial charge in [-0.1, -0.05) is 29.4 Å². The molecule has 200 valence electrons. The molecule has 0 bridgehead atoms. The second kappa shape index (κ2) is 10.1. The molecule has 1 amide bonds. The Morgan fingerprint density at radius 2 is 1.79 bits per heavy atom. The van der Waals surface area contributed by atoms with Crippen LogP contribution in [0.25, 0.3) is 11.5 Å². The molecule has 0 N–H and O–H groups in total. The van der Waals surface area contributed by atoms with Gasteiger partial charge in [0.1, 0.15) is 17.0 Å². The number of hydrogen-bond donors (Lipinski definition) is 0. The van der Waals surface area contributed by atoms with Gasteiger partial charge >= 0.3 is 0 Å². The molecule has 0 unspecified atom stereocenters. The molecule has 0 aliphatic carbocycles. The van der Waals surface area contributed by atoms with Gasteiger partial charge in [-0.25, -0.2) is 0 Å². The molecule has 38 heavy (non-hydrogen) atoms. The van der Waals surface area contributed by atoms with Gasteiger partial charge in [-0.2, -0.15) is 4.98 Å². The predicted molar refractivity (Wildman–Crippen MR) is 143 cm³/mol. The molecule has 5 heterocycles. The third kappa shape index (κ3) is 5.32. The molecule has 0 radical (unpaired) electrons. The van der Waals surface area contributed by atoms with Crippen LogP contribution in [0.1, 0.15) is 63.0 Å². The lowest BCUT2D eigenvalue weighted by Gasteiger charge is -2.47. The summed E-state index contributed by atoms with van der Waals surface area (Å²) in [5.74, 6) is 2.24. The molecule has 6 rings (SSSR count). The topological polar surface area (TPSA) is 84.6 Å². The molecule has 3 aromatic rings. The summed E-state index contributed by atoms with van der Waals surface area (Å²) in [6, 6.07) is 12.2. The van der Waals surface area contributed by atoms with Gasteiger partial charge in [-0.3, -0.25) is 14.7 Å². The van der Waals surface area contributed by atoms with Gasteiger partial charge in [0.25, 0.3) is 0 Å². The first-order valence-corrected chi connectivity index (χ1v) is 13.9.